The minimum atomic E-state index is -0.159. The average molecular weight is 403 g/mol. The van der Waals surface area contributed by atoms with Gasteiger partial charge in [-0.3, -0.25) is 14.2 Å². The molecule has 1 unspecified atom stereocenters. The number of aryl methyl sites for hydroxylation is 2. The largest absolute Gasteiger partial charge is 0.345 e. The topological polar surface area (TPSA) is 77.6 Å². The third-order valence-electron chi connectivity index (χ3n) is 5.73. The number of carbonyl (C=O) groups excluding carboxylic acids is 1. The second-order valence-corrected chi connectivity index (χ2v) is 7.54. The molecule has 0 spiro atoms. The van der Waals surface area contributed by atoms with Crippen LogP contribution in [0.1, 0.15) is 47.2 Å². The maximum Gasteiger partial charge on any atom is 0.252 e. The van der Waals surface area contributed by atoms with Gasteiger partial charge in [-0.15, -0.1) is 0 Å². The van der Waals surface area contributed by atoms with Crippen LogP contribution in [0.2, 0.25) is 0 Å². The summed E-state index contributed by atoms with van der Waals surface area (Å²) >= 11 is 0. The second-order valence-electron chi connectivity index (χ2n) is 7.54. The van der Waals surface area contributed by atoms with Crippen LogP contribution in [-0.2, 0) is 13.6 Å². The molecule has 0 fully saturated rings. The number of rotatable bonds is 5. The van der Waals surface area contributed by atoms with E-state index in [4.69, 9.17) is 4.98 Å². The number of hydrogen-bond donors (Lipinski definition) is 1. The van der Waals surface area contributed by atoms with Gasteiger partial charge in [0.25, 0.3) is 5.91 Å². The summed E-state index contributed by atoms with van der Waals surface area (Å²) in [4.78, 5) is 18.1. The Hall–Kier alpha value is -3.48. The van der Waals surface area contributed by atoms with Crippen LogP contribution in [0.5, 0.6) is 0 Å². The van der Waals surface area contributed by atoms with Crippen molar-refractivity contribution in [1.29, 1.82) is 0 Å². The SMILES string of the molecule is CCn1ncc(C(C)NC(=O)c2cc(-c3cnn(C)c3C)nc3ccccc23)c1C. The van der Waals surface area contributed by atoms with E-state index in [0.29, 0.717) is 5.56 Å². The lowest BCUT2D eigenvalue weighted by Crippen LogP contribution is -2.27. The molecule has 1 amide bonds. The van der Waals surface area contributed by atoms with Crippen LogP contribution >= 0.6 is 0 Å². The van der Waals surface area contributed by atoms with Gasteiger partial charge >= 0.3 is 0 Å². The van der Waals surface area contributed by atoms with E-state index in [9.17, 15) is 4.79 Å². The maximum absolute atomic E-state index is 13.3. The van der Waals surface area contributed by atoms with Gasteiger partial charge in [0.2, 0.25) is 0 Å². The molecule has 4 aromatic rings. The number of para-hydroxylation sites is 1. The summed E-state index contributed by atoms with van der Waals surface area (Å²) in [6.45, 7) is 8.86. The number of fused-ring (bicyclic) bond motifs is 1. The monoisotopic (exact) mass is 402 g/mol. The second kappa shape index (κ2) is 7.74. The molecule has 4 rings (SSSR count). The molecule has 0 radical (unpaired) electrons. The third kappa shape index (κ3) is 3.36. The summed E-state index contributed by atoms with van der Waals surface area (Å²) in [5, 5.41) is 12.7. The Morgan fingerprint density at radius 1 is 1.13 bits per heavy atom. The van der Waals surface area contributed by atoms with Crippen molar-refractivity contribution in [1.82, 2.24) is 29.9 Å². The fourth-order valence-corrected chi connectivity index (χ4v) is 3.81. The molecule has 0 bridgehead atoms. The third-order valence-corrected chi connectivity index (χ3v) is 5.73. The van der Waals surface area contributed by atoms with E-state index in [1.54, 1.807) is 6.20 Å². The highest BCUT2D eigenvalue weighted by Crippen LogP contribution is 2.27. The maximum atomic E-state index is 13.3. The highest BCUT2D eigenvalue weighted by Gasteiger charge is 2.20. The molecule has 1 aromatic carbocycles. The molecule has 0 saturated carbocycles. The Bertz CT molecular complexity index is 1240. The Kier molecular flexibility index (Phi) is 5.11. The van der Waals surface area contributed by atoms with E-state index in [2.05, 4.69) is 22.4 Å². The zero-order valence-electron chi connectivity index (χ0n) is 18.0. The van der Waals surface area contributed by atoms with Crippen molar-refractivity contribution in [2.24, 2.45) is 7.05 Å². The van der Waals surface area contributed by atoms with Gasteiger partial charge < -0.3 is 5.32 Å². The summed E-state index contributed by atoms with van der Waals surface area (Å²) in [6, 6.07) is 9.42. The first-order valence-electron chi connectivity index (χ1n) is 10.1. The quantitative estimate of drug-likeness (QED) is 0.548. The molecule has 0 aliphatic rings. The predicted octanol–water partition coefficient (Wildman–Crippen LogP) is 3.96. The first kappa shape index (κ1) is 19.8. The summed E-state index contributed by atoms with van der Waals surface area (Å²) in [6.07, 6.45) is 3.62. The van der Waals surface area contributed by atoms with Gasteiger partial charge in [0.05, 0.1) is 35.2 Å². The number of aromatic nitrogens is 5. The lowest BCUT2D eigenvalue weighted by atomic mass is 10.0. The molecule has 0 saturated heterocycles. The number of nitrogens with zero attached hydrogens (tertiary/aromatic N) is 5. The van der Waals surface area contributed by atoms with Crippen molar-refractivity contribution >= 4 is 16.8 Å². The molecule has 3 aromatic heterocycles. The van der Waals surface area contributed by atoms with E-state index >= 15 is 0 Å². The van der Waals surface area contributed by atoms with Crippen LogP contribution in [0.25, 0.3) is 22.2 Å². The number of hydrogen-bond acceptors (Lipinski definition) is 4. The fraction of sp³-hybridized carbons (Fsp3) is 0.304. The van der Waals surface area contributed by atoms with Gasteiger partial charge in [0.1, 0.15) is 0 Å². The Labute approximate surface area is 175 Å². The van der Waals surface area contributed by atoms with Crippen LogP contribution in [0.15, 0.2) is 42.7 Å². The minimum Gasteiger partial charge on any atom is -0.345 e. The normalized spacial score (nSPS) is 12.3. The number of benzene rings is 1. The van der Waals surface area contributed by atoms with Gasteiger partial charge in [-0.25, -0.2) is 4.98 Å². The van der Waals surface area contributed by atoms with Crippen LogP contribution in [-0.4, -0.2) is 30.5 Å². The van der Waals surface area contributed by atoms with Gasteiger partial charge in [-0.05, 0) is 39.8 Å². The summed E-state index contributed by atoms with van der Waals surface area (Å²) < 4.78 is 3.74. The predicted molar refractivity (Wildman–Crippen MR) is 117 cm³/mol. The van der Waals surface area contributed by atoms with Gasteiger partial charge in [-0.2, -0.15) is 10.2 Å². The average Bonchev–Trinajstić information content (AvgIpc) is 3.28. The van der Waals surface area contributed by atoms with Crippen LogP contribution in [0, 0.1) is 13.8 Å². The van der Waals surface area contributed by atoms with Crippen molar-refractivity contribution in [2.75, 3.05) is 0 Å². The molecule has 3 heterocycles. The molecule has 154 valence electrons. The van der Waals surface area contributed by atoms with E-state index < -0.39 is 0 Å². The van der Waals surface area contributed by atoms with Crippen LogP contribution in [0.4, 0.5) is 0 Å². The first-order chi connectivity index (χ1) is 14.4. The molecule has 1 atom stereocenters. The summed E-state index contributed by atoms with van der Waals surface area (Å²) in [5.74, 6) is -0.132. The van der Waals surface area contributed by atoms with E-state index in [1.807, 2.05) is 73.7 Å². The Balaban J connectivity index is 1.74. The van der Waals surface area contributed by atoms with Gasteiger partial charge in [0.15, 0.2) is 0 Å². The van der Waals surface area contributed by atoms with Crippen molar-refractivity contribution in [2.45, 2.75) is 40.3 Å². The molecular weight excluding hydrogens is 376 g/mol. The van der Waals surface area contributed by atoms with E-state index in [1.165, 1.54) is 0 Å². The van der Waals surface area contributed by atoms with Crippen molar-refractivity contribution in [3.63, 3.8) is 0 Å². The Morgan fingerprint density at radius 2 is 1.90 bits per heavy atom. The first-order valence-corrected chi connectivity index (χ1v) is 10.1. The minimum absolute atomic E-state index is 0.132. The van der Waals surface area contributed by atoms with E-state index in [0.717, 1.165) is 45.7 Å². The molecule has 30 heavy (non-hydrogen) atoms. The van der Waals surface area contributed by atoms with Crippen LogP contribution in [0.3, 0.4) is 0 Å². The highest BCUT2D eigenvalue weighted by molar-refractivity contribution is 6.07. The van der Waals surface area contributed by atoms with Gasteiger partial charge in [0, 0.05) is 41.5 Å². The van der Waals surface area contributed by atoms with Crippen molar-refractivity contribution < 1.29 is 4.79 Å². The van der Waals surface area contributed by atoms with Crippen LogP contribution < -0.4 is 5.32 Å². The number of pyridine rings is 1. The van der Waals surface area contributed by atoms with Crippen molar-refractivity contribution in [3.05, 3.63) is 65.2 Å². The fourth-order valence-electron chi connectivity index (χ4n) is 3.81. The molecule has 0 aliphatic heterocycles. The summed E-state index contributed by atoms with van der Waals surface area (Å²) in [5.41, 5.74) is 6.14. The molecule has 0 aliphatic carbocycles. The molecule has 1 N–H and O–H groups in total. The van der Waals surface area contributed by atoms with Gasteiger partial charge in [-0.1, -0.05) is 18.2 Å². The van der Waals surface area contributed by atoms with E-state index in [-0.39, 0.29) is 11.9 Å². The lowest BCUT2D eigenvalue weighted by Gasteiger charge is -2.16. The molecule has 7 heteroatoms. The highest BCUT2D eigenvalue weighted by atomic mass is 16.1. The summed E-state index contributed by atoms with van der Waals surface area (Å²) in [7, 11) is 1.90. The number of amides is 1. The number of nitrogens with one attached hydrogen (secondary N) is 1. The van der Waals surface area contributed by atoms with Crippen molar-refractivity contribution in [3.8, 4) is 11.3 Å². The zero-order chi connectivity index (χ0) is 21.4. The molecular formula is C23H26N6O. The Morgan fingerprint density at radius 3 is 2.57 bits per heavy atom. The molecule has 7 nitrogen and oxygen atoms in total. The number of carbonyl (C=O) groups is 1. The standard InChI is InChI=1S/C23H26N6O/c1-6-29-16(4)19(12-25-29)14(2)26-23(30)18-11-22(20-13-24-28(5)15(20)3)27-21-10-8-7-9-17(18)21/h7-14H,6H2,1-5H3,(H,26,30). The smallest absolute Gasteiger partial charge is 0.252 e. The lowest BCUT2D eigenvalue weighted by molar-refractivity contribution is 0.0941. The zero-order valence-corrected chi connectivity index (χ0v) is 18.0.